The molecule has 0 bridgehead atoms. The van der Waals surface area contributed by atoms with Crippen LogP contribution in [-0.4, -0.2) is 25.1 Å². The van der Waals surface area contributed by atoms with Crippen LogP contribution in [0.25, 0.3) is 0 Å². The third kappa shape index (κ3) is 3.08. The van der Waals surface area contributed by atoms with Crippen molar-refractivity contribution in [3.63, 3.8) is 0 Å². The predicted octanol–water partition coefficient (Wildman–Crippen LogP) is 2.09. The first kappa shape index (κ1) is 13.2. The van der Waals surface area contributed by atoms with Gasteiger partial charge in [0.25, 0.3) is 0 Å². The van der Waals surface area contributed by atoms with Gasteiger partial charge in [0.15, 0.2) is 10.3 Å². The maximum absolute atomic E-state index is 8.79. The van der Waals surface area contributed by atoms with Crippen LogP contribution < -0.4 is 10.6 Å². The first-order chi connectivity index (χ1) is 7.39. The van der Waals surface area contributed by atoms with E-state index in [1.165, 1.54) is 11.3 Å². The van der Waals surface area contributed by atoms with Gasteiger partial charge in [-0.3, -0.25) is 0 Å². The highest BCUT2D eigenvalue weighted by Crippen LogP contribution is 2.29. The molecule has 16 heavy (non-hydrogen) atoms. The number of halogens is 1. The minimum atomic E-state index is 0.0136. The molecule has 0 spiro atoms. The Kier molecular flexibility index (Phi) is 4.14. The Hall–Kier alpha value is -0.830. The minimum absolute atomic E-state index is 0.0136. The van der Waals surface area contributed by atoms with Gasteiger partial charge in [0, 0.05) is 13.6 Å². The first-order valence-electron chi connectivity index (χ1n) is 4.87. The monoisotopic (exact) mass is 258 g/mol. The Morgan fingerprint density at radius 2 is 2.25 bits per heavy atom. The molecule has 0 aliphatic carbocycles. The summed E-state index contributed by atoms with van der Waals surface area (Å²) in [6.45, 7) is 5.55. The quantitative estimate of drug-likeness (QED) is 0.898. The van der Waals surface area contributed by atoms with Crippen molar-refractivity contribution in [2.75, 3.05) is 25.0 Å². The molecule has 88 valence electrons. The second-order valence-corrected chi connectivity index (χ2v) is 5.79. The highest BCUT2D eigenvalue weighted by atomic mass is 35.5. The zero-order chi connectivity index (χ0) is 12.3. The fourth-order valence-electron chi connectivity index (χ4n) is 1.30. The van der Waals surface area contributed by atoms with Crippen molar-refractivity contribution >= 4 is 28.1 Å². The summed E-state index contributed by atoms with van der Waals surface area (Å²) in [6, 6.07) is 2.02. The van der Waals surface area contributed by atoms with Crippen molar-refractivity contribution < 1.29 is 0 Å². The SMILES string of the molecule is CN(CC(C)(C)CN)c1nc(Cl)c(C#N)s1. The van der Waals surface area contributed by atoms with Crippen molar-refractivity contribution in [3.8, 4) is 6.07 Å². The van der Waals surface area contributed by atoms with Crippen LogP contribution in [-0.2, 0) is 0 Å². The molecule has 1 aromatic heterocycles. The Balaban J connectivity index is 2.81. The second-order valence-electron chi connectivity index (χ2n) is 4.45. The summed E-state index contributed by atoms with van der Waals surface area (Å²) in [4.78, 5) is 6.58. The average molecular weight is 259 g/mol. The Labute approximate surface area is 105 Å². The summed E-state index contributed by atoms with van der Waals surface area (Å²) >= 11 is 7.12. The van der Waals surface area contributed by atoms with Crippen molar-refractivity contribution in [2.24, 2.45) is 11.1 Å². The molecule has 0 radical (unpaired) electrons. The minimum Gasteiger partial charge on any atom is -0.350 e. The molecule has 2 N–H and O–H groups in total. The zero-order valence-electron chi connectivity index (χ0n) is 9.62. The van der Waals surface area contributed by atoms with E-state index in [-0.39, 0.29) is 10.6 Å². The number of hydrogen-bond donors (Lipinski definition) is 1. The number of nitrogens with two attached hydrogens (primary N) is 1. The number of nitriles is 1. The summed E-state index contributed by atoms with van der Waals surface area (Å²) in [7, 11) is 1.92. The van der Waals surface area contributed by atoms with E-state index in [2.05, 4.69) is 18.8 Å². The maximum Gasteiger partial charge on any atom is 0.187 e. The van der Waals surface area contributed by atoms with Gasteiger partial charge in [-0.2, -0.15) is 5.26 Å². The molecule has 0 fully saturated rings. The van der Waals surface area contributed by atoms with Crippen LogP contribution in [0.5, 0.6) is 0 Å². The number of aromatic nitrogens is 1. The van der Waals surface area contributed by atoms with Gasteiger partial charge >= 0.3 is 0 Å². The van der Waals surface area contributed by atoms with Gasteiger partial charge < -0.3 is 10.6 Å². The summed E-state index contributed by atoms with van der Waals surface area (Å²) in [6.07, 6.45) is 0. The van der Waals surface area contributed by atoms with Gasteiger partial charge in [-0.25, -0.2) is 4.98 Å². The van der Waals surface area contributed by atoms with E-state index in [0.717, 1.165) is 11.7 Å². The smallest absolute Gasteiger partial charge is 0.187 e. The van der Waals surface area contributed by atoms with Crippen molar-refractivity contribution in [1.29, 1.82) is 5.26 Å². The number of anilines is 1. The van der Waals surface area contributed by atoms with Gasteiger partial charge in [-0.05, 0) is 12.0 Å². The van der Waals surface area contributed by atoms with Crippen molar-refractivity contribution in [3.05, 3.63) is 10.0 Å². The van der Waals surface area contributed by atoms with Gasteiger partial charge in [-0.15, -0.1) is 0 Å². The highest BCUT2D eigenvalue weighted by molar-refractivity contribution is 7.16. The summed E-state index contributed by atoms with van der Waals surface area (Å²) in [5, 5.41) is 9.82. The van der Waals surface area contributed by atoms with E-state index in [1.807, 2.05) is 18.0 Å². The molecule has 0 amide bonds. The third-order valence-electron chi connectivity index (χ3n) is 2.22. The molecule has 1 aromatic rings. The second kappa shape index (κ2) is 5.00. The van der Waals surface area contributed by atoms with Crippen molar-refractivity contribution in [2.45, 2.75) is 13.8 Å². The Bertz CT molecular complexity index is 407. The lowest BCUT2D eigenvalue weighted by molar-refractivity contribution is 0.385. The van der Waals surface area contributed by atoms with Crippen LogP contribution in [0.15, 0.2) is 0 Å². The lowest BCUT2D eigenvalue weighted by Crippen LogP contribution is -2.36. The zero-order valence-corrected chi connectivity index (χ0v) is 11.2. The van der Waals surface area contributed by atoms with E-state index in [0.29, 0.717) is 11.4 Å². The largest absolute Gasteiger partial charge is 0.350 e. The van der Waals surface area contributed by atoms with Crippen LogP contribution >= 0.6 is 22.9 Å². The van der Waals surface area contributed by atoms with E-state index >= 15 is 0 Å². The van der Waals surface area contributed by atoms with Crippen LogP contribution in [0.2, 0.25) is 5.15 Å². The van der Waals surface area contributed by atoms with Gasteiger partial charge in [0.05, 0.1) is 0 Å². The topological polar surface area (TPSA) is 65.9 Å². The summed E-state index contributed by atoms with van der Waals surface area (Å²) in [5.41, 5.74) is 5.69. The van der Waals surface area contributed by atoms with Crippen LogP contribution in [0.1, 0.15) is 18.7 Å². The standard InChI is InChI=1S/C10H15ClN4S/c1-10(2,5-13)6-15(3)9-14-8(11)7(4-12)16-9/h5-6,13H2,1-3H3. The van der Waals surface area contributed by atoms with Crippen LogP contribution in [0, 0.1) is 16.7 Å². The molecule has 0 unspecified atom stereocenters. The van der Waals surface area contributed by atoms with E-state index in [9.17, 15) is 0 Å². The van der Waals surface area contributed by atoms with E-state index in [4.69, 9.17) is 22.6 Å². The molecule has 1 rings (SSSR count). The molecule has 0 saturated heterocycles. The predicted molar refractivity (Wildman–Crippen MR) is 67.9 cm³/mol. The molecule has 4 nitrogen and oxygen atoms in total. The third-order valence-corrected chi connectivity index (χ3v) is 3.68. The molecular formula is C10H15ClN4S. The normalized spacial score (nSPS) is 11.2. The van der Waals surface area contributed by atoms with E-state index in [1.54, 1.807) is 0 Å². The van der Waals surface area contributed by atoms with E-state index < -0.39 is 0 Å². The fraction of sp³-hybridized carbons (Fsp3) is 0.600. The first-order valence-corrected chi connectivity index (χ1v) is 6.06. The van der Waals surface area contributed by atoms with Gasteiger partial charge in [0.2, 0.25) is 0 Å². The number of thiazole rings is 1. The Morgan fingerprint density at radius 1 is 1.62 bits per heavy atom. The molecule has 0 atom stereocenters. The van der Waals surface area contributed by atoms with Gasteiger partial charge in [0.1, 0.15) is 10.9 Å². The maximum atomic E-state index is 8.79. The lowest BCUT2D eigenvalue weighted by atomic mass is 9.93. The summed E-state index contributed by atoms with van der Waals surface area (Å²) in [5.74, 6) is 0. The van der Waals surface area contributed by atoms with Crippen LogP contribution in [0.4, 0.5) is 5.13 Å². The van der Waals surface area contributed by atoms with Gasteiger partial charge in [-0.1, -0.05) is 36.8 Å². The molecule has 0 aromatic carbocycles. The van der Waals surface area contributed by atoms with Crippen LogP contribution in [0.3, 0.4) is 0 Å². The number of hydrogen-bond acceptors (Lipinski definition) is 5. The molecule has 0 aliphatic heterocycles. The molecular weight excluding hydrogens is 244 g/mol. The number of rotatable bonds is 4. The molecule has 1 heterocycles. The Morgan fingerprint density at radius 3 is 2.69 bits per heavy atom. The average Bonchev–Trinajstić information content (AvgIpc) is 2.59. The summed E-state index contributed by atoms with van der Waals surface area (Å²) < 4.78 is 0. The lowest BCUT2D eigenvalue weighted by Gasteiger charge is -2.28. The van der Waals surface area contributed by atoms with Crippen molar-refractivity contribution in [1.82, 2.24) is 4.98 Å². The molecule has 0 saturated carbocycles. The molecule has 6 heteroatoms. The number of nitrogens with zero attached hydrogens (tertiary/aromatic N) is 3. The highest BCUT2D eigenvalue weighted by Gasteiger charge is 2.21. The fourth-order valence-corrected chi connectivity index (χ4v) is 2.30. The molecule has 0 aliphatic rings.